The largest absolute Gasteiger partial charge is 0.448 e. The van der Waals surface area contributed by atoms with E-state index < -0.39 is 5.79 Å². The average molecular weight is 440 g/mol. The summed E-state index contributed by atoms with van der Waals surface area (Å²) in [6, 6.07) is 13.2. The predicted octanol–water partition coefficient (Wildman–Crippen LogP) is 4.99. The second-order valence-corrected chi connectivity index (χ2v) is 8.45. The lowest BCUT2D eigenvalue weighted by Crippen LogP contribution is -2.38. The van der Waals surface area contributed by atoms with Gasteiger partial charge in [-0.05, 0) is 55.6 Å². The molecule has 0 bridgehead atoms. The fourth-order valence-electron chi connectivity index (χ4n) is 4.01. The first kappa shape index (κ1) is 24.1. The van der Waals surface area contributed by atoms with Crippen molar-refractivity contribution in [1.29, 1.82) is 0 Å². The molecule has 0 unspecified atom stereocenters. The second kappa shape index (κ2) is 11.3. The third-order valence-electron chi connectivity index (χ3n) is 5.92. The van der Waals surface area contributed by atoms with E-state index in [0.717, 1.165) is 55.5 Å². The van der Waals surface area contributed by atoms with Crippen LogP contribution in [0.5, 0.6) is 11.5 Å². The van der Waals surface area contributed by atoms with Crippen molar-refractivity contribution in [2.24, 2.45) is 11.5 Å². The highest BCUT2D eigenvalue weighted by Crippen LogP contribution is 2.45. The van der Waals surface area contributed by atoms with E-state index in [1.807, 2.05) is 42.5 Å². The summed E-state index contributed by atoms with van der Waals surface area (Å²) < 4.78 is 12.7. The van der Waals surface area contributed by atoms with Crippen molar-refractivity contribution in [3.8, 4) is 11.5 Å². The molecule has 0 saturated carbocycles. The molecule has 2 aromatic carbocycles. The molecule has 174 valence electrons. The van der Waals surface area contributed by atoms with Gasteiger partial charge < -0.3 is 25.8 Å². The Hall–Kier alpha value is -2.57. The first-order valence-electron chi connectivity index (χ1n) is 11.9. The summed E-state index contributed by atoms with van der Waals surface area (Å²) in [5.74, 6) is 0.791. The van der Waals surface area contributed by atoms with E-state index in [-0.39, 0.29) is 5.91 Å². The first-order chi connectivity index (χ1) is 15.6. The molecule has 1 aliphatic heterocycles. The number of fused-ring (bicyclic) bond motifs is 1. The average Bonchev–Trinajstić information content (AvgIpc) is 3.19. The van der Waals surface area contributed by atoms with Crippen molar-refractivity contribution >= 4 is 11.6 Å². The first-order valence-corrected chi connectivity index (χ1v) is 11.9. The van der Waals surface area contributed by atoms with Crippen molar-refractivity contribution in [2.45, 2.75) is 71.1 Å². The molecule has 0 spiro atoms. The zero-order valence-corrected chi connectivity index (χ0v) is 19.4. The maximum absolute atomic E-state index is 13.3. The van der Waals surface area contributed by atoms with E-state index >= 15 is 0 Å². The van der Waals surface area contributed by atoms with Gasteiger partial charge in [0.15, 0.2) is 11.5 Å². The van der Waals surface area contributed by atoms with Gasteiger partial charge in [-0.3, -0.25) is 4.79 Å². The van der Waals surface area contributed by atoms with Gasteiger partial charge >= 0.3 is 0 Å². The lowest BCUT2D eigenvalue weighted by atomic mass is 10.0. The van der Waals surface area contributed by atoms with Gasteiger partial charge in [0.05, 0.1) is 0 Å². The third kappa shape index (κ3) is 5.61. The van der Waals surface area contributed by atoms with Gasteiger partial charge in [0.2, 0.25) is 0 Å². The van der Waals surface area contributed by atoms with Crippen LogP contribution in [0.3, 0.4) is 0 Å². The number of benzene rings is 2. The molecule has 6 heteroatoms. The molecule has 1 aliphatic rings. The lowest BCUT2D eigenvalue weighted by Gasteiger charge is -2.27. The second-order valence-electron chi connectivity index (χ2n) is 8.45. The topological polar surface area (TPSA) is 90.8 Å². The summed E-state index contributed by atoms with van der Waals surface area (Å²) in [5.41, 5.74) is 13.8. The highest BCUT2D eigenvalue weighted by atomic mass is 16.7. The van der Waals surface area contributed by atoms with Gasteiger partial charge in [-0.25, -0.2) is 0 Å². The van der Waals surface area contributed by atoms with E-state index in [4.69, 9.17) is 20.9 Å². The number of unbranched alkanes of at least 4 members (excludes halogenated alkanes) is 2. The number of nitrogens with two attached hydrogens (primary N) is 2. The van der Waals surface area contributed by atoms with Crippen molar-refractivity contribution < 1.29 is 14.3 Å². The Kier molecular flexibility index (Phi) is 8.53. The maximum atomic E-state index is 13.3. The van der Waals surface area contributed by atoms with E-state index in [0.29, 0.717) is 37.4 Å². The molecule has 1 amide bonds. The van der Waals surface area contributed by atoms with Gasteiger partial charge in [0, 0.05) is 43.2 Å². The van der Waals surface area contributed by atoms with Crippen LogP contribution in [0, 0.1) is 0 Å². The molecule has 4 N–H and O–H groups in total. The number of hydrogen-bond acceptors (Lipinski definition) is 5. The normalized spacial score (nSPS) is 13.9. The number of rotatable bonds is 12. The van der Waals surface area contributed by atoms with Crippen molar-refractivity contribution in [1.82, 2.24) is 0 Å². The summed E-state index contributed by atoms with van der Waals surface area (Å²) in [4.78, 5) is 15.1. The molecule has 2 aromatic rings. The predicted molar refractivity (Wildman–Crippen MR) is 129 cm³/mol. The van der Waals surface area contributed by atoms with Crippen LogP contribution in [-0.2, 0) is 6.54 Å². The van der Waals surface area contributed by atoms with Gasteiger partial charge in [-0.1, -0.05) is 38.8 Å². The molecule has 0 fully saturated rings. The number of ether oxygens (including phenoxy) is 2. The monoisotopic (exact) mass is 439 g/mol. The van der Waals surface area contributed by atoms with Gasteiger partial charge in [-0.2, -0.15) is 0 Å². The molecule has 3 rings (SSSR count). The minimum Gasteiger partial charge on any atom is -0.448 e. The molecular weight excluding hydrogens is 402 g/mol. The van der Waals surface area contributed by atoms with Crippen molar-refractivity contribution in [3.63, 3.8) is 0 Å². The molecule has 1 heterocycles. The fourth-order valence-corrected chi connectivity index (χ4v) is 4.01. The van der Waals surface area contributed by atoms with Crippen LogP contribution in [0.4, 0.5) is 5.69 Å². The number of hydrogen-bond donors (Lipinski definition) is 2. The molecule has 0 atom stereocenters. The Balaban J connectivity index is 1.86. The summed E-state index contributed by atoms with van der Waals surface area (Å²) in [5, 5.41) is 0. The Morgan fingerprint density at radius 2 is 1.56 bits per heavy atom. The number of anilines is 1. The molecular formula is C26H37N3O3. The van der Waals surface area contributed by atoms with E-state index in [1.165, 1.54) is 0 Å². The van der Waals surface area contributed by atoms with Crippen LogP contribution in [0.1, 0.15) is 74.7 Å². The quantitative estimate of drug-likeness (QED) is 0.486. The molecule has 6 nitrogen and oxygen atoms in total. The summed E-state index contributed by atoms with van der Waals surface area (Å²) in [7, 11) is 0. The molecule has 0 radical (unpaired) electrons. The number of nitrogens with zero attached hydrogens (tertiary/aromatic N) is 1. The summed E-state index contributed by atoms with van der Waals surface area (Å²) in [6.45, 7) is 5.84. The summed E-state index contributed by atoms with van der Waals surface area (Å²) >= 11 is 0. The van der Waals surface area contributed by atoms with Crippen LogP contribution >= 0.6 is 0 Å². The Morgan fingerprint density at radius 1 is 0.906 bits per heavy atom. The van der Waals surface area contributed by atoms with E-state index in [1.54, 1.807) is 4.90 Å². The molecule has 32 heavy (non-hydrogen) atoms. The van der Waals surface area contributed by atoms with Crippen LogP contribution in [0.25, 0.3) is 0 Å². The Labute approximate surface area is 191 Å². The minimum absolute atomic E-state index is 0.0656. The van der Waals surface area contributed by atoms with Crippen LogP contribution in [-0.4, -0.2) is 24.8 Å². The minimum atomic E-state index is -0.600. The van der Waals surface area contributed by atoms with Crippen LogP contribution in [0.2, 0.25) is 0 Å². The lowest BCUT2D eigenvalue weighted by molar-refractivity contribution is -0.0944. The number of carbonyl (C=O) groups excluding carboxylic acids is 1. The van der Waals surface area contributed by atoms with Crippen molar-refractivity contribution in [3.05, 3.63) is 53.6 Å². The van der Waals surface area contributed by atoms with E-state index in [9.17, 15) is 4.79 Å². The molecule has 0 saturated heterocycles. The van der Waals surface area contributed by atoms with Crippen molar-refractivity contribution in [2.75, 3.05) is 18.0 Å². The van der Waals surface area contributed by atoms with E-state index in [2.05, 4.69) is 13.8 Å². The van der Waals surface area contributed by atoms with Gasteiger partial charge in [0.25, 0.3) is 11.7 Å². The Bertz CT molecular complexity index is 874. The zero-order valence-electron chi connectivity index (χ0n) is 19.4. The highest BCUT2D eigenvalue weighted by molar-refractivity contribution is 6.06. The maximum Gasteiger partial charge on any atom is 0.258 e. The van der Waals surface area contributed by atoms with Crippen LogP contribution < -0.4 is 25.8 Å². The number of amides is 1. The highest BCUT2D eigenvalue weighted by Gasteiger charge is 2.40. The fraction of sp³-hybridized carbons (Fsp3) is 0.500. The number of carbonyl (C=O) groups is 1. The van der Waals surface area contributed by atoms with Gasteiger partial charge in [-0.15, -0.1) is 0 Å². The third-order valence-corrected chi connectivity index (χ3v) is 5.92. The Morgan fingerprint density at radius 3 is 2.16 bits per heavy atom. The molecule has 0 aromatic heterocycles. The SMILES string of the molecule is CCCCC1(CCCC)Oc2ccc(N(CCCN)C(=O)c3ccc(CN)cc3)cc2O1. The van der Waals surface area contributed by atoms with Gasteiger partial charge in [0.1, 0.15) is 0 Å². The standard InChI is InChI=1S/C26H37N3O3/c1-3-5-14-26(15-6-4-2)31-23-13-12-22(18-24(23)32-26)29(17-7-16-27)25(30)21-10-8-20(19-28)9-11-21/h8-13,18H,3-7,14-17,19,27-28H2,1-2H3. The zero-order chi connectivity index (χ0) is 23.0. The molecule has 0 aliphatic carbocycles. The smallest absolute Gasteiger partial charge is 0.258 e. The summed E-state index contributed by atoms with van der Waals surface area (Å²) in [6.07, 6.45) is 6.69. The van der Waals surface area contributed by atoms with Crippen LogP contribution in [0.15, 0.2) is 42.5 Å².